The molecule has 162 valence electrons. The van der Waals surface area contributed by atoms with Gasteiger partial charge in [-0.1, -0.05) is 26.0 Å². The molecular weight excluding hydrogens is 509 g/mol. The van der Waals surface area contributed by atoms with Crippen LogP contribution >= 0.6 is 35.3 Å². The first-order valence-corrected chi connectivity index (χ1v) is 11.0. The molecule has 0 aromatic carbocycles. The van der Waals surface area contributed by atoms with E-state index in [1.807, 2.05) is 24.4 Å². The molecule has 0 saturated carbocycles. The first kappa shape index (κ1) is 24.3. The van der Waals surface area contributed by atoms with Crippen LogP contribution in [-0.4, -0.2) is 38.8 Å². The number of nitrogens with zero attached hydrogens (tertiary/aromatic N) is 5. The average molecular weight is 539 g/mol. The molecule has 7 nitrogen and oxygen atoms in total. The summed E-state index contributed by atoms with van der Waals surface area (Å²) in [5, 5.41) is 17.3. The van der Waals surface area contributed by atoms with E-state index in [1.54, 1.807) is 17.7 Å². The Morgan fingerprint density at radius 3 is 2.83 bits per heavy atom. The van der Waals surface area contributed by atoms with Crippen LogP contribution in [0.3, 0.4) is 0 Å². The SMILES string of the molecule is CCc1nncn1CCNC(=NCCc1ccccn1)NC(CC)c1cccs1.I. The summed E-state index contributed by atoms with van der Waals surface area (Å²) >= 11 is 1.77. The maximum absolute atomic E-state index is 4.80. The van der Waals surface area contributed by atoms with E-state index in [0.29, 0.717) is 6.54 Å². The first-order chi connectivity index (χ1) is 14.3. The molecule has 0 saturated heterocycles. The van der Waals surface area contributed by atoms with E-state index in [4.69, 9.17) is 4.99 Å². The fraction of sp³-hybridized carbons (Fsp3) is 0.429. The van der Waals surface area contributed by atoms with Gasteiger partial charge in [0.05, 0.1) is 6.04 Å². The zero-order chi connectivity index (χ0) is 20.3. The Morgan fingerprint density at radius 2 is 2.13 bits per heavy atom. The summed E-state index contributed by atoms with van der Waals surface area (Å²) in [5.74, 6) is 1.82. The quantitative estimate of drug-likeness (QED) is 0.233. The molecule has 3 aromatic heterocycles. The molecule has 0 radical (unpaired) electrons. The highest BCUT2D eigenvalue weighted by Crippen LogP contribution is 2.21. The molecule has 0 fully saturated rings. The minimum absolute atomic E-state index is 0. The van der Waals surface area contributed by atoms with Gasteiger partial charge in [-0.25, -0.2) is 0 Å². The number of aliphatic imine (C=N–C) groups is 1. The maximum Gasteiger partial charge on any atom is 0.191 e. The van der Waals surface area contributed by atoms with E-state index in [-0.39, 0.29) is 30.0 Å². The number of pyridine rings is 1. The molecule has 0 aliphatic heterocycles. The Balaban J connectivity index is 0.00000320. The van der Waals surface area contributed by atoms with Crippen molar-refractivity contribution in [2.75, 3.05) is 13.1 Å². The lowest BCUT2D eigenvalue weighted by molar-refractivity contribution is 0.595. The molecule has 0 spiro atoms. The topological polar surface area (TPSA) is 80.0 Å². The van der Waals surface area contributed by atoms with Crippen LogP contribution in [-0.2, 0) is 19.4 Å². The molecule has 2 N–H and O–H groups in total. The number of hydrogen-bond donors (Lipinski definition) is 2. The van der Waals surface area contributed by atoms with Gasteiger partial charge in [0.1, 0.15) is 12.2 Å². The summed E-state index contributed by atoms with van der Waals surface area (Å²) in [6.45, 7) is 6.51. The summed E-state index contributed by atoms with van der Waals surface area (Å²) in [4.78, 5) is 10.5. The van der Waals surface area contributed by atoms with Crippen LogP contribution in [0.2, 0.25) is 0 Å². The second-order valence-corrected chi connectivity index (χ2v) is 7.62. The third kappa shape index (κ3) is 7.35. The maximum atomic E-state index is 4.80. The van der Waals surface area contributed by atoms with Crippen LogP contribution in [0.5, 0.6) is 0 Å². The minimum Gasteiger partial charge on any atom is -0.355 e. The lowest BCUT2D eigenvalue weighted by atomic mass is 10.2. The molecule has 0 aliphatic rings. The van der Waals surface area contributed by atoms with Crippen LogP contribution in [0.15, 0.2) is 53.2 Å². The monoisotopic (exact) mass is 539 g/mol. The second-order valence-electron chi connectivity index (χ2n) is 6.64. The van der Waals surface area contributed by atoms with Gasteiger partial charge in [0.2, 0.25) is 0 Å². The molecule has 30 heavy (non-hydrogen) atoms. The number of thiophene rings is 1. The highest BCUT2D eigenvalue weighted by Gasteiger charge is 2.12. The van der Waals surface area contributed by atoms with Crippen LogP contribution in [0, 0.1) is 0 Å². The highest BCUT2D eigenvalue weighted by atomic mass is 127. The molecular formula is C21H30IN7S. The Morgan fingerprint density at radius 1 is 1.23 bits per heavy atom. The molecule has 0 aliphatic carbocycles. The van der Waals surface area contributed by atoms with Crippen molar-refractivity contribution in [3.63, 3.8) is 0 Å². The van der Waals surface area contributed by atoms with Gasteiger partial charge in [-0.3, -0.25) is 9.98 Å². The van der Waals surface area contributed by atoms with Gasteiger partial charge in [0.25, 0.3) is 0 Å². The van der Waals surface area contributed by atoms with Crippen molar-refractivity contribution < 1.29 is 0 Å². The van der Waals surface area contributed by atoms with E-state index in [0.717, 1.165) is 49.8 Å². The largest absolute Gasteiger partial charge is 0.355 e. The molecule has 3 rings (SSSR count). The van der Waals surface area contributed by atoms with E-state index in [9.17, 15) is 0 Å². The zero-order valence-electron chi connectivity index (χ0n) is 17.5. The smallest absolute Gasteiger partial charge is 0.191 e. The first-order valence-electron chi connectivity index (χ1n) is 10.1. The Labute approximate surface area is 199 Å². The van der Waals surface area contributed by atoms with Crippen molar-refractivity contribution in [2.45, 2.75) is 45.7 Å². The number of hydrogen-bond acceptors (Lipinski definition) is 5. The fourth-order valence-electron chi connectivity index (χ4n) is 3.04. The molecule has 0 amide bonds. The normalized spacial score (nSPS) is 12.3. The number of aryl methyl sites for hydroxylation is 1. The van der Waals surface area contributed by atoms with Crippen LogP contribution in [0.25, 0.3) is 0 Å². The number of guanidine groups is 1. The number of rotatable bonds is 10. The predicted octanol–water partition coefficient (Wildman–Crippen LogP) is 3.84. The summed E-state index contributed by atoms with van der Waals surface area (Å²) < 4.78 is 2.08. The molecule has 0 bridgehead atoms. The molecule has 3 aromatic rings. The summed E-state index contributed by atoms with van der Waals surface area (Å²) in [7, 11) is 0. The Bertz CT molecular complexity index is 865. The van der Waals surface area contributed by atoms with E-state index in [2.05, 4.69) is 61.7 Å². The third-order valence-corrected chi connectivity index (χ3v) is 5.61. The van der Waals surface area contributed by atoms with E-state index in [1.165, 1.54) is 4.88 Å². The van der Waals surface area contributed by atoms with Crippen molar-refractivity contribution in [1.82, 2.24) is 30.4 Å². The van der Waals surface area contributed by atoms with Gasteiger partial charge >= 0.3 is 0 Å². The van der Waals surface area contributed by atoms with Crippen molar-refractivity contribution in [3.05, 3.63) is 64.6 Å². The van der Waals surface area contributed by atoms with Crippen molar-refractivity contribution in [2.24, 2.45) is 4.99 Å². The molecule has 1 unspecified atom stereocenters. The zero-order valence-corrected chi connectivity index (χ0v) is 20.6. The number of halogens is 1. The minimum atomic E-state index is 0. The number of aromatic nitrogens is 4. The van der Waals surface area contributed by atoms with Gasteiger partial charge in [0, 0.05) is 49.2 Å². The van der Waals surface area contributed by atoms with Crippen molar-refractivity contribution >= 4 is 41.3 Å². The van der Waals surface area contributed by atoms with Gasteiger partial charge in [0.15, 0.2) is 5.96 Å². The van der Waals surface area contributed by atoms with Crippen LogP contribution < -0.4 is 10.6 Å². The lowest BCUT2D eigenvalue weighted by Gasteiger charge is -2.20. The van der Waals surface area contributed by atoms with Crippen LogP contribution in [0.4, 0.5) is 0 Å². The van der Waals surface area contributed by atoms with Crippen molar-refractivity contribution in [1.29, 1.82) is 0 Å². The molecule has 3 heterocycles. The summed E-state index contributed by atoms with van der Waals surface area (Å²) in [6, 6.07) is 10.5. The summed E-state index contributed by atoms with van der Waals surface area (Å²) in [5.41, 5.74) is 1.05. The average Bonchev–Trinajstić information content (AvgIpc) is 3.44. The Hall–Kier alpha value is -2.01. The highest BCUT2D eigenvalue weighted by molar-refractivity contribution is 14.0. The molecule has 1 atom stereocenters. The fourth-order valence-corrected chi connectivity index (χ4v) is 3.91. The predicted molar refractivity (Wildman–Crippen MR) is 134 cm³/mol. The van der Waals surface area contributed by atoms with Crippen LogP contribution in [0.1, 0.15) is 42.7 Å². The summed E-state index contributed by atoms with van der Waals surface area (Å²) in [6.07, 6.45) is 6.29. The van der Waals surface area contributed by atoms with Crippen molar-refractivity contribution in [3.8, 4) is 0 Å². The number of nitrogens with one attached hydrogen (secondary N) is 2. The van der Waals surface area contributed by atoms with E-state index < -0.39 is 0 Å². The third-order valence-electron chi connectivity index (χ3n) is 4.63. The standard InChI is InChI=1S/C21H29N7S.HI/c1-3-18(19-9-7-15-29-19)26-21(23-12-10-17-8-5-6-11-22-17)24-13-14-28-16-25-27-20(28)4-2;/h5-9,11,15-16,18H,3-4,10,12-14H2,1-2H3,(H2,23,24,26);1H. The molecule has 9 heteroatoms. The van der Waals surface area contributed by atoms with Gasteiger partial charge < -0.3 is 15.2 Å². The van der Waals surface area contributed by atoms with E-state index >= 15 is 0 Å². The van der Waals surface area contributed by atoms with Gasteiger partial charge in [-0.15, -0.1) is 45.5 Å². The van der Waals surface area contributed by atoms with Gasteiger partial charge in [-0.2, -0.15) is 0 Å². The van der Waals surface area contributed by atoms with Gasteiger partial charge in [-0.05, 0) is 30.0 Å². The Kier molecular flexibility index (Phi) is 10.8. The second kappa shape index (κ2) is 13.3. The lowest BCUT2D eigenvalue weighted by Crippen LogP contribution is -2.41.